The summed E-state index contributed by atoms with van der Waals surface area (Å²) < 4.78 is 0. The monoisotopic (exact) mass is 237 g/mol. The zero-order chi connectivity index (χ0) is 10.4. The number of pyridine rings is 1. The van der Waals surface area contributed by atoms with Crippen LogP contribution in [0.3, 0.4) is 0 Å². The fourth-order valence-electron chi connectivity index (χ4n) is 1.84. The average molecular weight is 238 g/mol. The maximum atomic E-state index is 6.18. The third-order valence-corrected chi connectivity index (χ3v) is 3.28. The van der Waals surface area contributed by atoms with E-state index in [1.54, 1.807) is 6.07 Å². The Morgan fingerprint density at radius 2 is 1.93 bits per heavy atom. The lowest BCUT2D eigenvalue weighted by atomic mass is 10.1. The molecule has 15 heavy (non-hydrogen) atoms. The second kappa shape index (κ2) is 3.36. The molecule has 0 spiro atoms. The lowest BCUT2D eigenvalue weighted by Gasteiger charge is -2.04. The highest BCUT2D eigenvalue weighted by molar-refractivity contribution is 6.35. The van der Waals surface area contributed by atoms with E-state index in [9.17, 15) is 0 Å². The van der Waals surface area contributed by atoms with E-state index in [2.05, 4.69) is 11.1 Å². The van der Waals surface area contributed by atoms with Crippen molar-refractivity contribution >= 4 is 34.1 Å². The van der Waals surface area contributed by atoms with E-state index in [-0.39, 0.29) is 0 Å². The van der Waals surface area contributed by atoms with Gasteiger partial charge in [-0.25, -0.2) is 4.98 Å². The number of hydrogen-bond donors (Lipinski definition) is 0. The molecule has 1 aromatic carbocycles. The predicted octanol–water partition coefficient (Wildman–Crippen LogP) is 4.42. The van der Waals surface area contributed by atoms with Gasteiger partial charge in [-0.2, -0.15) is 0 Å². The van der Waals surface area contributed by atoms with Crippen molar-refractivity contribution in [1.29, 1.82) is 0 Å². The molecule has 76 valence electrons. The molecule has 1 heterocycles. The van der Waals surface area contributed by atoms with Crippen LogP contribution in [-0.2, 0) is 0 Å². The standard InChI is InChI=1S/C12H9Cl2N/c13-10-6-9(7-1-2-7)5-8-3-4-11(14)15-12(8)10/h3-7H,1-2H2. The molecule has 0 N–H and O–H groups in total. The smallest absolute Gasteiger partial charge is 0.129 e. The SMILES string of the molecule is Clc1ccc2cc(C3CC3)cc(Cl)c2n1. The molecule has 2 aromatic rings. The highest BCUT2D eigenvalue weighted by atomic mass is 35.5. The molecular formula is C12H9Cl2N. The van der Waals surface area contributed by atoms with Crippen molar-refractivity contribution in [2.75, 3.05) is 0 Å². The summed E-state index contributed by atoms with van der Waals surface area (Å²) in [5, 5.41) is 2.27. The van der Waals surface area contributed by atoms with Gasteiger partial charge in [-0.3, -0.25) is 0 Å². The van der Waals surface area contributed by atoms with Crippen LogP contribution in [0.25, 0.3) is 10.9 Å². The van der Waals surface area contributed by atoms with E-state index in [0.29, 0.717) is 16.1 Å². The van der Waals surface area contributed by atoms with E-state index < -0.39 is 0 Å². The normalized spacial score (nSPS) is 15.9. The summed E-state index contributed by atoms with van der Waals surface area (Å²) >= 11 is 12.0. The van der Waals surface area contributed by atoms with Gasteiger partial charge in [-0.05, 0) is 48.6 Å². The molecule has 1 aliphatic rings. The summed E-state index contributed by atoms with van der Waals surface area (Å²) in [6, 6.07) is 7.96. The third kappa shape index (κ3) is 1.70. The zero-order valence-electron chi connectivity index (χ0n) is 8.00. The van der Waals surface area contributed by atoms with Gasteiger partial charge in [0.2, 0.25) is 0 Å². The maximum Gasteiger partial charge on any atom is 0.129 e. The van der Waals surface area contributed by atoms with Crippen LogP contribution >= 0.6 is 23.2 Å². The van der Waals surface area contributed by atoms with Crippen LogP contribution in [0, 0.1) is 0 Å². The lowest BCUT2D eigenvalue weighted by Crippen LogP contribution is -1.85. The van der Waals surface area contributed by atoms with Gasteiger partial charge in [-0.15, -0.1) is 0 Å². The Balaban J connectivity index is 2.26. The predicted molar refractivity (Wildman–Crippen MR) is 63.7 cm³/mol. The van der Waals surface area contributed by atoms with Gasteiger partial charge in [0.25, 0.3) is 0 Å². The average Bonchev–Trinajstić information content (AvgIpc) is 3.02. The Morgan fingerprint density at radius 1 is 1.13 bits per heavy atom. The first-order chi connectivity index (χ1) is 7.24. The summed E-state index contributed by atoms with van der Waals surface area (Å²) in [4.78, 5) is 4.23. The number of hydrogen-bond acceptors (Lipinski definition) is 1. The Kier molecular flexibility index (Phi) is 2.11. The molecule has 0 unspecified atom stereocenters. The first-order valence-electron chi connectivity index (χ1n) is 5.00. The summed E-state index contributed by atoms with van der Waals surface area (Å²) in [5.41, 5.74) is 2.13. The van der Waals surface area contributed by atoms with E-state index in [1.807, 2.05) is 12.1 Å². The van der Waals surface area contributed by atoms with Crippen LogP contribution in [-0.4, -0.2) is 4.98 Å². The molecule has 1 fully saturated rings. The molecule has 0 amide bonds. The van der Waals surface area contributed by atoms with Gasteiger partial charge < -0.3 is 0 Å². The summed E-state index contributed by atoms with van der Waals surface area (Å²) in [7, 11) is 0. The molecule has 0 atom stereocenters. The Morgan fingerprint density at radius 3 is 2.67 bits per heavy atom. The van der Waals surface area contributed by atoms with Crippen LogP contribution in [0.2, 0.25) is 10.2 Å². The lowest BCUT2D eigenvalue weighted by molar-refractivity contribution is 1.13. The van der Waals surface area contributed by atoms with E-state index in [4.69, 9.17) is 23.2 Å². The van der Waals surface area contributed by atoms with E-state index in [1.165, 1.54) is 18.4 Å². The van der Waals surface area contributed by atoms with Crippen LogP contribution in [0.5, 0.6) is 0 Å². The second-order valence-corrected chi connectivity index (χ2v) is 4.78. The molecule has 1 saturated carbocycles. The van der Waals surface area contributed by atoms with Gasteiger partial charge >= 0.3 is 0 Å². The van der Waals surface area contributed by atoms with Crippen molar-refractivity contribution in [3.05, 3.63) is 40.0 Å². The molecule has 0 aliphatic heterocycles. The largest absolute Gasteiger partial charge is 0.235 e. The maximum absolute atomic E-state index is 6.18. The molecule has 3 heteroatoms. The topological polar surface area (TPSA) is 12.9 Å². The first kappa shape index (κ1) is 9.44. The van der Waals surface area contributed by atoms with Crippen molar-refractivity contribution in [3.63, 3.8) is 0 Å². The molecular weight excluding hydrogens is 229 g/mol. The van der Waals surface area contributed by atoms with Crippen molar-refractivity contribution in [2.24, 2.45) is 0 Å². The fraction of sp³-hybridized carbons (Fsp3) is 0.250. The van der Waals surface area contributed by atoms with Crippen LogP contribution in [0.1, 0.15) is 24.3 Å². The highest BCUT2D eigenvalue weighted by Crippen LogP contribution is 2.42. The molecule has 1 nitrogen and oxygen atoms in total. The number of nitrogens with zero attached hydrogens (tertiary/aromatic N) is 1. The molecule has 0 radical (unpaired) electrons. The van der Waals surface area contributed by atoms with Crippen molar-refractivity contribution in [1.82, 2.24) is 4.98 Å². The minimum absolute atomic E-state index is 0.489. The Hall–Kier alpha value is -0.790. The molecule has 1 aliphatic carbocycles. The van der Waals surface area contributed by atoms with Crippen molar-refractivity contribution < 1.29 is 0 Å². The van der Waals surface area contributed by atoms with Crippen LogP contribution < -0.4 is 0 Å². The Bertz CT molecular complexity index is 532. The van der Waals surface area contributed by atoms with Crippen LogP contribution in [0.15, 0.2) is 24.3 Å². The van der Waals surface area contributed by atoms with Gasteiger partial charge in [0.15, 0.2) is 0 Å². The summed E-state index contributed by atoms with van der Waals surface area (Å²) in [6.07, 6.45) is 2.56. The second-order valence-electron chi connectivity index (χ2n) is 3.98. The van der Waals surface area contributed by atoms with Gasteiger partial charge in [0.1, 0.15) is 5.15 Å². The van der Waals surface area contributed by atoms with Crippen LogP contribution in [0.4, 0.5) is 0 Å². The number of aromatic nitrogens is 1. The molecule has 1 aromatic heterocycles. The first-order valence-corrected chi connectivity index (χ1v) is 5.75. The number of fused-ring (bicyclic) bond motifs is 1. The Labute approximate surface area is 98.0 Å². The van der Waals surface area contributed by atoms with Gasteiger partial charge in [0, 0.05) is 5.39 Å². The fourth-order valence-corrected chi connectivity index (χ4v) is 2.27. The summed E-state index contributed by atoms with van der Waals surface area (Å²) in [6.45, 7) is 0. The molecule has 0 saturated heterocycles. The molecule has 3 rings (SSSR count). The zero-order valence-corrected chi connectivity index (χ0v) is 9.52. The van der Waals surface area contributed by atoms with Crippen molar-refractivity contribution in [3.8, 4) is 0 Å². The van der Waals surface area contributed by atoms with E-state index >= 15 is 0 Å². The quantitative estimate of drug-likeness (QED) is 0.670. The molecule has 0 bridgehead atoms. The number of rotatable bonds is 1. The van der Waals surface area contributed by atoms with E-state index in [0.717, 1.165) is 10.9 Å². The number of halogens is 2. The summed E-state index contributed by atoms with van der Waals surface area (Å²) in [5.74, 6) is 0.711. The minimum atomic E-state index is 0.489. The van der Waals surface area contributed by atoms with Crippen molar-refractivity contribution in [2.45, 2.75) is 18.8 Å². The van der Waals surface area contributed by atoms with Gasteiger partial charge in [-0.1, -0.05) is 23.2 Å². The minimum Gasteiger partial charge on any atom is -0.235 e. The van der Waals surface area contributed by atoms with Gasteiger partial charge in [0.05, 0.1) is 10.5 Å². The highest BCUT2D eigenvalue weighted by Gasteiger charge is 2.24. The number of benzene rings is 1. The third-order valence-electron chi connectivity index (χ3n) is 2.78.